The molecule has 0 saturated heterocycles. The van der Waals surface area contributed by atoms with E-state index in [-0.39, 0.29) is 5.91 Å². The Kier molecular flexibility index (Phi) is 4.76. The summed E-state index contributed by atoms with van der Waals surface area (Å²) >= 11 is 0. The van der Waals surface area contributed by atoms with Crippen molar-refractivity contribution in [2.45, 2.75) is 31.7 Å². The second kappa shape index (κ2) is 6.55. The molecule has 0 spiro atoms. The molecule has 3 nitrogen and oxygen atoms in total. The molecule has 1 aliphatic rings. The molecular weight excluding hydrogens is 224 g/mol. The van der Waals surface area contributed by atoms with E-state index in [1.54, 1.807) is 0 Å². The predicted octanol–water partition coefficient (Wildman–Crippen LogP) is 1.83. The number of nitrogens with one attached hydrogen (secondary N) is 1. The van der Waals surface area contributed by atoms with Crippen molar-refractivity contribution >= 4 is 5.91 Å². The smallest absolute Gasteiger partial charge is 0.236 e. The highest BCUT2D eigenvalue weighted by Crippen LogP contribution is 2.24. The van der Waals surface area contributed by atoms with Crippen LogP contribution in [-0.2, 0) is 11.2 Å². The lowest BCUT2D eigenvalue weighted by atomic mass is 10.1. The zero-order chi connectivity index (χ0) is 12.8. The summed E-state index contributed by atoms with van der Waals surface area (Å²) in [7, 11) is 1.91. The van der Waals surface area contributed by atoms with Gasteiger partial charge >= 0.3 is 0 Å². The van der Waals surface area contributed by atoms with Gasteiger partial charge in [-0.1, -0.05) is 30.3 Å². The minimum atomic E-state index is 0.220. The van der Waals surface area contributed by atoms with Crippen LogP contribution in [0.3, 0.4) is 0 Å². The molecule has 0 radical (unpaired) electrons. The van der Waals surface area contributed by atoms with Gasteiger partial charge in [0.05, 0.1) is 6.54 Å². The van der Waals surface area contributed by atoms with E-state index >= 15 is 0 Å². The Morgan fingerprint density at radius 2 is 2.06 bits per heavy atom. The Hall–Kier alpha value is -1.35. The quantitative estimate of drug-likeness (QED) is 0.744. The number of benzene rings is 1. The maximum atomic E-state index is 11.7. The summed E-state index contributed by atoms with van der Waals surface area (Å²) in [4.78, 5) is 13.6. The fourth-order valence-corrected chi connectivity index (χ4v) is 2.05. The van der Waals surface area contributed by atoms with Gasteiger partial charge in [-0.3, -0.25) is 4.79 Å². The molecule has 0 atom stereocenters. The molecule has 1 aliphatic carbocycles. The number of likely N-dealkylation sites (N-methyl/N-ethyl adjacent to an activating group) is 1. The maximum absolute atomic E-state index is 11.7. The molecule has 0 aromatic heterocycles. The topological polar surface area (TPSA) is 32.3 Å². The third kappa shape index (κ3) is 4.15. The molecule has 1 aromatic carbocycles. The standard InChI is InChI=1S/C15H22N2O/c1-17(14-9-10-14)15(18)12-16-11-5-8-13-6-3-2-4-7-13/h2-4,6-7,14,16H,5,8-12H2,1H3. The lowest BCUT2D eigenvalue weighted by Crippen LogP contribution is -2.37. The third-order valence-electron chi connectivity index (χ3n) is 3.43. The van der Waals surface area contributed by atoms with Crippen molar-refractivity contribution in [3.63, 3.8) is 0 Å². The number of aryl methyl sites for hydroxylation is 1. The molecule has 0 aliphatic heterocycles. The van der Waals surface area contributed by atoms with Crippen molar-refractivity contribution in [1.29, 1.82) is 0 Å². The van der Waals surface area contributed by atoms with Crippen LogP contribution in [0.1, 0.15) is 24.8 Å². The summed E-state index contributed by atoms with van der Waals surface area (Å²) in [6.07, 6.45) is 4.50. The summed E-state index contributed by atoms with van der Waals surface area (Å²) in [6, 6.07) is 11.0. The molecule has 1 N–H and O–H groups in total. The van der Waals surface area contributed by atoms with Crippen LogP contribution in [0, 0.1) is 0 Å². The zero-order valence-electron chi connectivity index (χ0n) is 11.1. The highest BCUT2D eigenvalue weighted by Gasteiger charge is 2.28. The van der Waals surface area contributed by atoms with Gasteiger partial charge < -0.3 is 10.2 Å². The summed E-state index contributed by atoms with van der Waals surface area (Å²) in [6.45, 7) is 1.38. The van der Waals surface area contributed by atoms with Gasteiger partial charge in [-0.2, -0.15) is 0 Å². The first kappa shape index (κ1) is 13.1. The second-order valence-electron chi connectivity index (χ2n) is 5.00. The normalized spacial score (nSPS) is 14.5. The summed E-state index contributed by atoms with van der Waals surface area (Å²) in [5.41, 5.74) is 1.36. The maximum Gasteiger partial charge on any atom is 0.236 e. The first-order chi connectivity index (χ1) is 8.77. The Morgan fingerprint density at radius 3 is 2.72 bits per heavy atom. The van der Waals surface area contributed by atoms with E-state index in [4.69, 9.17) is 0 Å². The minimum absolute atomic E-state index is 0.220. The number of hydrogen-bond donors (Lipinski definition) is 1. The van der Waals surface area contributed by atoms with Crippen LogP contribution >= 0.6 is 0 Å². The number of amides is 1. The van der Waals surface area contributed by atoms with Crippen molar-refractivity contribution in [2.75, 3.05) is 20.1 Å². The van der Waals surface area contributed by atoms with E-state index in [1.807, 2.05) is 18.0 Å². The molecule has 2 rings (SSSR count). The van der Waals surface area contributed by atoms with Gasteiger partial charge in [0.15, 0.2) is 0 Å². The largest absolute Gasteiger partial charge is 0.342 e. The zero-order valence-corrected chi connectivity index (χ0v) is 11.1. The SMILES string of the molecule is CN(C(=O)CNCCCc1ccccc1)C1CC1. The van der Waals surface area contributed by atoms with Gasteiger partial charge in [0, 0.05) is 13.1 Å². The molecule has 1 amide bonds. The average Bonchev–Trinajstić information content (AvgIpc) is 3.23. The molecule has 18 heavy (non-hydrogen) atoms. The van der Waals surface area contributed by atoms with E-state index in [0.29, 0.717) is 12.6 Å². The van der Waals surface area contributed by atoms with Crippen LogP contribution in [0.4, 0.5) is 0 Å². The highest BCUT2D eigenvalue weighted by molar-refractivity contribution is 5.78. The molecule has 0 bridgehead atoms. The lowest BCUT2D eigenvalue weighted by molar-refractivity contribution is -0.129. The molecule has 98 valence electrons. The Bertz CT molecular complexity index is 373. The van der Waals surface area contributed by atoms with Gasteiger partial charge in [0.2, 0.25) is 5.91 Å². The first-order valence-corrected chi connectivity index (χ1v) is 6.77. The molecular formula is C15H22N2O. The summed E-state index contributed by atoms with van der Waals surface area (Å²) in [5, 5.41) is 3.23. The Morgan fingerprint density at radius 1 is 1.33 bits per heavy atom. The minimum Gasteiger partial charge on any atom is -0.342 e. The summed E-state index contributed by atoms with van der Waals surface area (Å²) in [5.74, 6) is 0.220. The van der Waals surface area contributed by atoms with Gasteiger partial charge in [-0.15, -0.1) is 0 Å². The molecule has 1 fully saturated rings. The van der Waals surface area contributed by atoms with E-state index in [0.717, 1.165) is 19.4 Å². The molecule has 3 heteroatoms. The van der Waals surface area contributed by atoms with Gasteiger partial charge in [0.25, 0.3) is 0 Å². The van der Waals surface area contributed by atoms with Crippen LogP contribution in [0.2, 0.25) is 0 Å². The van der Waals surface area contributed by atoms with Crippen molar-refractivity contribution in [1.82, 2.24) is 10.2 Å². The third-order valence-corrected chi connectivity index (χ3v) is 3.43. The monoisotopic (exact) mass is 246 g/mol. The summed E-state index contributed by atoms with van der Waals surface area (Å²) < 4.78 is 0. The van der Waals surface area contributed by atoms with Crippen LogP contribution in [-0.4, -0.2) is 37.0 Å². The van der Waals surface area contributed by atoms with Crippen molar-refractivity contribution < 1.29 is 4.79 Å². The van der Waals surface area contributed by atoms with E-state index in [9.17, 15) is 4.79 Å². The van der Waals surface area contributed by atoms with E-state index in [1.165, 1.54) is 18.4 Å². The molecule has 1 aromatic rings. The second-order valence-corrected chi connectivity index (χ2v) is 5.00. The molecule has 0 heterocycles. The van der Waals surface area contributed by atoms with Gasteiger partial charge in [-0.25, -0.2) is 0 Å². The Labute approximate surface area is 109 Å². The average molecular weight is 246 g/mol. The Balaban J connectivity index is 1.54. The number of carbonyl (C=O) groups excluding carboxylic acids is 1. The van der Waals surface area contributed by atoms with Crippen molar-refractivity contribution in [3.05, 3.63) is 35.9 Å². The fraction of sp³-hybridized carbons (Fsp3) is 0.533. The number of hydrogen-bond acceptors (Lipinski definition) is 2. The van der Waals surface area contributed by atoms with E-state index in [2.05, 4.69) is 29.6 Å². The van der Waals surface area contributed by atoms with Crippen LogP contribution in [0.5, 0.6) is 0 Å². The highest BCUT2D eigenvalue weighted by atomic mass is 16.2. The molecule has 0 unspecified atom stereocenters. The number of nitrogens with zero attached hydrogens (tertiary/aromatic N) is 1. The number of rotatable bonds is 7. The van der Waals surface area contributed by atoms with Crippen LogP contribution in [0.25, 0.3) is 0 Å². The van der Waals surface area contributed by atoms with Gasteiger partial charge in [-0.05, 0) is 37.8 Å². The number of carbonyl (C=O) groups is 1. The van der Waals surface area contributed by atoms with Crippen molar-refractivity contribution in [3.8, 4) is 0 Å². The predicted molar refractivity (Wildman–Crippen MR) is 73.4 cm³/mol. The van der Waals surface area contributed by atoms with Crippen molar-refractivity contribution in [2.24, 2.45) is 0 Å². The van der Waals surface area contributed by atoms with Crippen LogP contribution in [0.15, 0.2) is 30.3 Å². The fourth-order valence-electron chi connectivity index (χ4n) is 2.05. The first-order valence-electron chi connectivity index (χ1n) is 6.77. The van der Waals surface area contributed by atoms with E-state index < -0.39 is 0 Å². The lowest BCUT2D eigenvalue weighted by Gasteiger charge is -2.16. The molecule has 1 saturated carbocycles. The van der Waals surface area contributed by atoms with Crippen LogP contribution < -0.4 is 5.32 Å². The van der Waals surface area contributed by atoms with Gasteiger partial charge in [0.1, 0.15) is 0 Å².